The smallest absolute Gasteiger partial charge is 0.0870 e. The lowest BCUT2D eigenvalue weighted by Crippen LogP contribution is -2.41. The Morgan fingerprint density at radius 3 is 1.95 bits per heavy atom. The molecule has 0 aliphatic heterocycles. The summed E-state index contributed by atoms with van der Waals surface area (Å²) < 4.78 is 0. The van der Waals surface area contributed by atoms with Gasteiger partial charge in [-0.15, -0.1) is 0 Å². The number of nitrogens with one attached hydrogen (secondary N) is 1. The van der Waals surface area contributed by atoms with Gasteiger partial charge in [-0.3, -0.25) is 9.98 Å². The SMILES string of the molecule is CNc1cc(C(C)(C)C(C)(C)C2=CC(N)C(/N=C/c3ccc(/C=N/c4cc(C(C)(C)C)ccc4N)cc3)C=C2)ccc1N. The Morgan fingerprint density at radius 2 is 1.35 bits per heavy atom. The maximum atomic E-state index is 6.65. The summed E-state index contributed by atoms with van der Waals surface area (Å²) >= 11 is 0. The quantitative estimate of drug-likeness (QED) is 0.164. The summed E-state index contributed by atoms with van der Waals surface area (Å²) in [5, 5.41) is 3.20. The molecular weight excluding hydrogens is 528 g/mol. The van der Waals surface area contributed by atoms with Gasteiger partial charge < -0.3 is 22.5 Å². The van der Waals surface area contributed by atoms with Crippen LogP contribution < -0.4 is 22.5 Å². The highest BCUT2D eigenvalue weighted by Gasteiger charge is 2.41. The van der Waals surface area contributed by atoms with E-state index >= 15 is 0 Å². The number of aliphatic imine (C=N–C) groups is 2. The van der Waals surface area contributed by atoms with Crippen molar-refractivity contribution < 1.29 is 0 Å². The predicted octanol–water partition coefficient (Wildman–Crippen LogP) is 7.56. The molecule has 1 aliphatic rings. The predicted molar refractivity (Wildman–Crippen MR) is 187 cm³/mol. The molecule has 4 rings (SSSR count). The molecule has 43 heavy (non-hydrogen) atoms. The number of allylic oxidation sites excluding steroid dienone is 2. The van der Waals surface area contributed by atoms with Gasteiger partial charge >= 0.3 is 0 Å². The number of nitrogens with zero attached hydrogens (tertiary/aromatic N) is 2. The highest BCUT2D eigenvalue weighted by atomic mass is 14.9. The molecule has 6 nitrogen and oxygen atoms in total. The molecule has 0 spiro atoms. The fourth-order valence-electron chi connectivity index (χ4n) is 5.25. The average molecular weight is 577 g/mol. The topological polar surface area (TPSA) is 115 Å². The highest BCUT2D eigenvalue weighted by Crippen LogP contribution is 2.48. The first kappa shape index (κ1) is 31.8. The zero-order chi connectivity index (χ0) is 31.6. The van der Waals surface area contributed by atoms with E-state index in [2.05, 4.69) is 101 Å². The molecule has 0 bridgehead atoms. The second-order valence-electron chi connectivity index (χ2n) is 13.6. The van der Waals surface area contributed by atoms with E-state index in [0.717, 1.165) is 28.2 Å². The molecule has 0 amide bonds. The Morgan fingerprint density at radius 1 is 0.744 bits per heavy atom. The Bertz CT molecular complexity index is 1570. The summed E-state index contributed by atoms with van der Waals surface area (Å²) in [6.45, 7) is 15.6. The molecule has 0 aromatic heterocycles. The highest BCUT2D eigenvalue weighted by molar-refractivity contribution is 5.86. The van der Waals surface area contributed by atoms with Crippen LogP contribution in [0.15, 0.2) is 94.4 Å². The molecule has 7 N–H and O–H groups in total. The Kier molecular flexibility index (Phi) is 9.02. The van der Waals surface area contributed by atoms with Gasteiger partial charge in [-0.05, 0) is 68.3 Å². The first-order valence-electron chi connectivity index (χ1n) is 14.9. The van der Waals surface area contributed by atoms with Crippen LogP contribution in [0.1, 0.15) is 70.7 Å². The van der Waals surface area contributed by atoms with Gasteiger partial charge in [-0.2, -0.15) is 0 Å². The lowest BCUT2D eigenvalue weighted by molar-refractivity contribution is 0.252. The summed E-state index contributed by atoms with van der Waals surface area (Å²) in [7, 11) is 1.90. The molecule has 2 unspecified atom stereocenters. The maximum Gasteiger partial charge on any atom is 0.0870 e. The van der Waals surface area contributed by atoms with Crippen molar-refractivity contribution in [2.24, 2.45) is 21.1 Å². The fourth-order valence-corrected chi connectivity index (χ4v) is 5.25. The largest absolute Gasteiger partial charge is 0.397 e. The van der Waals surface area contributed by atoms with E-state index in [4.69, 9.17) is 22.2 Å². The number of nitrogen functional groups attached to an aromatic ring is 2. The number of hydrogen-bond acceptors (Lipinski definition) is 6. The molecular formula is C37H48N6. The molecule has 0 radical (unpaired) electrons. The third kappa shape index (κ3) is 6.91. The number of benzene rings is 3. The van der Waals surface area contributed by atoms with Crippen LogP contribution in [0, 0.1) is 5.41 Å². The van der Waals surface area contributed by atoms with Gasteiger partial charge in [0.05, 0.1) is 28.8 Å². The molecule has 3 aromatic rings. The third-order valence-electron chi connectivity index (χ3n) is 9.15. The van der Waals surface area contributed by atoms with Gasteiger partial charge in [0.15, 0.2) is 0 Å². The standard InChI is InChI=1S/C37H48N6/c1-35(2,3)26-13-16-30(39)34(20-26)43-23-25-11-9-24(10-12-25)22-42-32-18-15-27(19-31(32)40)36(4,5)37(6,7)28-14-17-29(38)33(21-28)41-8/h9-23,31-32,41H,38-40H2,1-8H3/b42-22+,43-23+. The van der Waals surface area contributed by atoms with Gasteiger partial charge in [0.25, 0.3) is 0 Å². The number of rotatable bonds is 8. The summed E-state index contributed by atoms with van der Waals surface area (Å²) in [6, 6.07) is 20.1. The summed E-state index contributed by atoms with van der Waals surface area (Å²) in [4.78, 5) is 9.48. The van der Waals surface area contributed by atoms with Crippen LogP contribution in [0.3, 0.4) is 0 Å². The van der Waals surface area contributed by atoms with E-state index in [9.17, 15) is 0 Å². The van der Waals surface area contributed by atoms with Crippen LogP contribution in [-0.4, -0.2) is 31.6 Å². The van der Waals surface area contributed by atoms with E-state index in [0.29, 0.717) is 5.69 Å². The lowest BCUT2D eigenvalue weighted by atomic mass is 9.59. The Labute approximate surface area is 257 Å². The van der Waals surface area contributed by atoms with Crippen molar-refractivity contribution in [3.05, 3.63) is 107 Å². The van der Waals surface area contributed by atoms with E-state index in [-0.39, 0.29) is 28.3 Å². The number of nitrogens with two attached hydrogens (primary N) is 3. The van der Waals surface area contributed by atoms with Crippen molar-refractivity contribution >= 4 is 35.2 Å². The molecule has 0 fully saturated rings. The van der Waals surface area contributed by atoms with E-state index in [1.165, 1.54) is 16.7 Å². The minimum absolute atomic E-state index is 0.0352. The molecule has 0 saturated carbocycles. The fraction of sp³-hybridized carbons (Fsp3) is 0.351. The van der Waals surface area contributed by atoms with Gasteiger partial charge in [0.2, 0.25) is 0 Å². The average Bonchev–Trinajstić information content (AvgIpc) is 2.96. The van der Waals surface area contributed by atoms with Crippen LogP contribution >= 0.6 is 0 Å². The molecule has 2 atom stereocenters. The molecule has 3 aromatic carbocycles. The van der Waals surface area contributed by atoms with Crippen LogP contribution in [-0.2, 0) is 10.8 Å². The molecule has 226 valence electrons. The van der Waals surface area contributed by atoms with Crippen molar-refractivity contribution in [2.45, 2.75) is 71.4 Å². The zero-order valence-electron chi connectivity index (χ0n) is 26.9. The Hall–Kier alpha value is -4.16. The van der Waals surface area contributed by atoms with Gasteiger partial charge in [-0.25, -0.2) is 0 Å². The Balaban J connectivity index is 1.44. The van der Waals surface area contributed by atoms with Crippen LogP contribution in [0.2, 0.25) is 0 Å². The van der Waals surface area contributed by atoms with E-state index < -0.39 is 0 Å². The maximum absolute atomic E-state index is 6.65. The minimum Gasteiger partial charge on any atom is -0.397 e. The normalized spacial score (nSPS) is 17.9. The molecule has 0 heterocycles. The monoisotopic (exact) mass is 576 g/mol. The summed E-state index contributed by atoms with van der Waals surface area (Å²) in [5.41, 5.74) is 27.4. The third-order valence-corrected chi connectivity index (χ3v) is 9.15. The van der Waals surface area contributed by atoms with Crippen molar-refractivity contribution in [1.82, 2.24) is 0 Å². The minimum atomic E-state index is -0.216. The van der Waals surface area contributed by atoms with Crippen LogP contribution in [0.5, 0.6) is 0 Å². The van der Waals surface area contributed by atoms with Crippen molar-refractivity contribution in [1.29, 1.82) is 0 Å². The van der Waals surface area contributed by atoms with Gasteiger partial charge in [0, 0.05) is 25.5 Å². The second kappa shape index (κ2) is 12.2. The summed E-state index contributed by atoms with van der Waals surface area (Å²) in [6.07, 6.45) is 10.2. The number of anilines is 3. The number of hydrogen-bond donors (Lipinski definition) is 4. The van der Waals surface area contributed by atoms with Crippen molar-refractivity contribution in [3.63, 3.8) is 0 Å². The van der Waals surface area contributed by atoms with Crippen molar-refractivity contribution in [2.75, 3.05) is 23.8 Å². The van der Waals surface area contributed by atoms with E-state index in [1.54, 1.807) is 0 Å². The first-order chi connectivity index (χ1) is 20.1. The van der Waals surface area contributed by atoms with Gasteiger partial charge in [-0.1, -0.05) is 103 Å². The molecule has 0 saturated heterocycles. The van der Waals surface area contributed by atoms with Crippen LogP contribution in [0.25, 0.3) is 0 Å². The van der Waals surface area contributed by atoms with E-state index in [1.807, 2.05) is 55.9 Å². The second-order valence-corrected chi connectivity index (χ2v) is 13.6. The lowest BCUT2D eigenvalue weighted by Gasteiger charge is -2.45. The van der Waals surface area contributed by atoms with Crippen LogP contribution in [0.4, 0.5) is 22.7 Å². The molecule has 1 aliphatic carbocycles. The first-order valence-corrected chi connectivity index (χ1v) is 14.9. The zero-order valence-corrected chi connectivity index (χ0v) is 26.9. The van der Waals surface area contributed by atoms with Crippen molar-refractivity contribution in [3.8, 4) is 0 Å². The summed E-state index contributed by atoms with van der Waals surface area (Å²) in [5.74, 6) is 0. The molecule has 6 heteroatoms. The van der Waals surface area contributed by atoms with Gasteiger partial charge in [0.1, 0.15) is 0 Å².